The highest BCUT2D eigenvalue weighted by Gasteiger charge is 2.55. The Morgan fingerprint density at radius 3 is 2.67 bits per heavy atom. The lowest BCUT2D eigenvalue weighted by Crippen LogP contribution is -2.73. The fourth-order valence-corrected chi connectivity index (χ4v) is 3.88. The largest absolute Gasteiger partial charge is 0.310 e. The molecule has 2 heterocycles. The highest BCUT2D eigenvalue weighted by atomic mass is 15.3. The van der Waals surface area contributed by atoms with Crippen molar-refractivity contribution < 1.29 is 0 Å². The summed E-state index contributed by atoms with van der Waals surface area (Å²) in [6, 6.07) is 0.803. The van der Waals surface area contributed by atoms with Gasteiger partial charge in [0.25, 0.3) is 0 Å². The van der Waals surface area contributed by atoms with Gasteiger partial charge in [-0.3, -0.25) is 0 Å². The smallest absolute Gasteiger partial charge is 0.0287 e. The van der Waals surface area contributed by atoms with Gasteiger partial charge in [0.15, 0.2) is 0 Å². The minimum absolute atomic E-state index is 0.396. The molecule has 2 rings (SSSR count). The van der Waals surface area contributed by atoms with Crippen LogP contribution in [-0.4, -0.2) is 36.6 Å². The number of hydrogen-bond acceptors (Lipinski definition) is 2. The Labute approximate surface area is 94.4 Å². The van der Waals surface area contributed by atoms with Gasteiger partial charge in [-0.2, -0.15) is 0 Å². The summed E-state index contributed by atoms with van der Waals surface area (Å²) in [6.45, 7) is 9.56. The molecule has 3 atom stereocenters. The van der Waals surface area contributed by atoms with Crippen LogP contribution in [0.15, 0.2) is 0 Å². The van der Waals surface area contributed by atoms with Gasteiger partial charge in [0.2, 0.25) is 0 Å². The molecular formula is C13H26N2. The van der Waals surface area contributed by atoms with Crippen LogP contribution in [0.3, 0.4) is 0 Å². The summed E-state index contributed by atoms with van der Waals surface area (Å²) >= 11 is 0. The maximum absolute atomic E-state index is 3.75. The zero-order valence-corrected chi connectivity index (χ0v) is 10.8. The zero-order chi connectivity index (χ0) is 11.1. The molecule has 0 bridgehead atoms. The van der Waals surface area contributed by atoms with Crippen molar-refractivity contribution in [3.63, 3.8) is 0 Å². The molecular weight excluding hydrogens is 184 g/mol. The van der Waals surface area contributed by atoms with Gasteiger partial charge in [-0.1, -0.05) is 20.3 Å². The van der Waals surface area contributed by atoms with Crippen molar-refractivity contribution in [3.05, 3.63) is 0 Å². The van der Waals surface area contributed by atoms with E-state index in [2.05, 4.69) is 38.0 Å². The molecule has 0 aromatic rings. The van der Waals surface area contributed by atoms with Gasteiger partial charge >= 0.3 is 0 Å². The third-order valence-electron chi connectivity index (χ3n) is 4.80. The van der Waals surface area contributed by atoms with Crippen LogP contribution in [0.5, 0.6) is 0 Å². The molecule has 15 heavy (non-hydrogen) atoms. The maximum Gasteiger partial charge on any atom is 0.0287 e. The van der Waals surface area contributed by atoms with E-state index in [1.165, 1.54) is 38.8 Å². The molecule has 2 fully saturated rings. The molecule has 0 amide bonds. The number of likely N-dealkylation sites (tertiary alicyclic amines) is 1. The van der Waals surface area contributed by atoms with Crippen molar-refractivity contribution in [2.45, 2.75) is 58.0 Å². The summed E-state index contributed by atoms with van der Waals surface area (Å²) in [4.78, 5) is 2.53. The number of piperidine rings is 1. The first-order valence-corrected chi connectivity index (χ1v) is 6.50. The third-order valence-corrected chi connectivity index (χ3v) is 4.80. The van der Waals surface area contributed by atoms with Gasteiger partial charge in [-0.05, 0) is 33.2 Å². The third kappa shape index (κ3) is 1.72. The van der Waals surface area contributed by atoms with E-state index in [-0.39, 0.29) is 0 Å². The molecule has 0 aliphatic carbocycles. The Morgan fingerprint density at radius 2 is 2.13 bits per heavy atom. The second-order valence-electron chi connectivity index (χ2n) is 6.02. The fourth-order valence-electron chi connectivity index (χ4n) is 3.88. The van der Waals surface area contributed by atoms with Crippen molar-refractivity contribution >= 4 is 0 Å². The van der Waals surface area contributed by atoms with E-state index in [1.807, 2.05) is 0 Å². The second kappa shape index (κ2) is 3.74. The quantitative estimate of drug-likeness (QED) is 0.768. The summed E-state index contributed by atoms with van der Waals surface area (Å²) in [5.74, 6) is 0. The molecule has 2 aliphatic rings. The monoisotopic (exact) mass is 210 g/mol. The van der Waals surface area contributed by atoms with E-state index in [0.29, 0.717) is 11.0 Å². The predicted octanol–water partition coefficient (Wildman–Crippen LogP) is 2.25. The van der Waals surface area contributed by atoms with Crippen molar-refractivity contribution in [1.82, 2.24) is 10.2 Å². The molecule has 0 aromatic carbocycles. The van der Waals surface area contributed by atoms with Crippen molar-refractivity contribution in [1.29, 1.82) is 0 Å². The zero-order valence-electron chi connectivity index (χ0n) is 10.8. The Hall–Kier alpha value is -0.0800. The van der Waals surface area contributed by atoms with Crippen LogP contribution in [0.25, 0.3) is 0 Å². The summed E-state index contributed by atoms with van der Waals surface area (Å²) in [5, 5.41) is 3.75. The lowest BCUT2D eigenvalue weighted by molar-refractivity contribution is -0.110. The van der Waals surface area contributed by atoms with E-state index in [9.17, 15) is 0 Å². The SMILES string of the molecule is CCCC12CN(C)C1CNC(C)(CC)C2. The Balaban J connectivity index is 2.11. The van der Waals surface area contributed by atoms with Gasteiger partial charge < -0.3 is 10.2 Å². The van der Waals surface area contributed by atoms with Gasteiger partial charge in [0.05, 0.1) is 0 Å². The second-order valence-corrected chi connectivity index (χ2v) is 6.02. The molecule has 2 nitrogen and oxygen atoms in total. The number of rotatable bonds is 3. The van der Waals surface area contributed by atoms with Gasteiger partial charge in [-0.15, -0.1) is 0 Å². The van der Waals surface area contributed by atoms with Gasteiger partial charge in [0, 0.05) is 30.1 Å². The minimum Gasteiger partial charge on any atom is -0.310 e. The first-order chi connectivity index (χ1) is 7.05. The van der Waals surface area contributed by atoms with Crippen LogP contribution in [0.4, 0.5) is 0 Å². The minimum atomic E-state index is 0.396. The topological polar surface area (TPSA) is 15.3 Å². The van der Waals surface area contributed by atoms with Crippen molar-refractivity contribution in [2.24, 2.45) is 5.41 Å². The molecule has 0 saturated carbocycles. The number of likely N-dealkylation sites (N-methyl/N-ethyl adjacent to an activating group) is 1. The number of fused-ring (bicyclic) bond motifs is 1. The highest BCUT2D eigenvalue weighted by molar-refractivity contribution is 5.11. The lowest BCUT2D eigenvalue weighted by atomic mass is 9.60. The Morgan fingerprint density at radius 1 is 1.40 bits per heavy atom. The molecule has 0 aromatic heterocycles. The summed E-state index contributed by atoms with van der Waals surface area (Å²) < 4.78 is 0. The van der Waals surface area contributed by atoms with Crippen LogP contribution < -0.4 is 5.32 Å². The molecule has 88 valence electrons. The average molecular weight is 210 g/mol. The van der Waals surface area contributed by atoms with Crippen LogP contribution >= 0.6 is 0 Å². The fraction of sp³-hybridized carbons (Fsp3) is 1.00. The first kappa shape index (κ1) is 11.4. The molecule has 3 unspecified atom stereocenters. The molecule has 2 heteroatoms. The van der Waals surface area contributed by atoms with E-state index in [1.54, 1.807) is 0 Å². The van der Waals surface area contributed by atoms with Crippen LogP contribution in [0.1, 0.15) is 46.5 Å². The number of nitrogens with zero attached hydrogens (tertiary/aromatic N) is 1. The van der Waals surface area contributed by atoms with Crippen molar-refractivity contribution in [2.75, 3.05) is 20.1 Å². The predicted molar refractivity (Wildman–Crippen MR) is 65.1 cm³/mol. The average Bonchev–Trinajstić information content (AvgIpc) is 2.17. The molecule has 2 aliphatic heterocycles. The van der Waals surface area contributed by atoms with Gasteiger partial charge in [-0.25, -0.2) is 0 Å². The molecule has 0 radical (unpaired) electrons. The van der Waals surface area contributed by atoms with E-state index < -0.39 is 0 Å². The lowest BCUT2D eigenvalue weighted by Gasteiger charge is -2.63. The van der Waals surface area contributed by atoms with Crippen molar-refractivity contribution in [3.8, 4) is 0 Å². The van der Waals surface area contributed by atoms with Gasteiger partial charge in [0.1, 0.15) is 0 Å². The Kier molecular flexibility index (Phi) is 2.85. The van der Waals surface area contributed by atoms with Crippen LogP contribution in [-0.2, 0) is 0 Å². The standard InChI is InChI=1S/C13H26N2/c1-5-7-13-9-12(3,6-2)14-8-11(13)15(4)10-13/h11,14H,5-10H2,1-4H3. The molecule has 0 spiro atoms. The summed E-state index contributed by atoms with van der Waals surface area (Å²) in [5.41, 5.74) is 1.03. The highest BCUT2D eigenvalue weighted by Crippen LogP contribution is 2.49. The number of nitrogens with one attached hydrogen (secondary N) is 1. The van der Waals surface area contributed by atoms with E-state index in [4.69, 9.17) is 0 Å². The Bertz CT molecular complexity index is 237. The summed E-state index contributed by atoms with van der Waals surface area (Å²) in [7, 11) is 2.27. The van der Waals surface area contributed by atoms with Crippen LogP contribution in [0, 0.1) is 5.41 Å². The normalized spacial score (nSPS) is 46.0. The molecule has 2 saturated heterocycles. The molecule has 1 N–H and O–H groups in total. The first-order valence-electron chi connectivity index (χ1n) is 6.50. The summed E-state index contributed by atoms with van der Waals surface area (Å²) in [6.07, 6.45) is 5.39. The number of hydrogen-bond donors (Lipinski definition) is 1. The van der Waals surface area contributed by atoms with Crippen LogP contribution in [0.2, 0.25) is 0 Å². The van der Waals surface area contributed by atoms with E-state index in [0.717, 1.165) is 6.04 Å². The van der Waals surface area contributed by atoms with E-state index >= 15 is 0 Å². The maximum atomic E-state index is 3.75.